The van der Waals surface area contributed by atoms with Crippen LogP contribution in [0.15, 0.2) is 59.1 Å². The highest BCUT2D eigenvalue weighted by Gasteiger charge is 2.61. The van der Waals surface area contributed by atoms with Crippen molar-refractivity contribution in [3.8, 4) is 0 Å². The van der Waals surface area contributed by atoms with Gasteiger partial charge in [-0.05, 0) is 50.5 Å². The summed E-state index contributed by atoms with van der Waals surface area (Å²) in [6.07, 6.45) is 11.8. The number of ether oxygens (including phenoxy) is 2. The van der Waals surface area contributed by atoms with E-state index in [-0.39, 0.29) is 11.6 Å². The molecule has 2 aliphatic heterocycles. The molecule has 5 heteroatoms. The van der Waals surface area contributed by atoms with E-state index in [0.29, 0.717) is 22.8 Å². The minimum Gasteiger partial charge on any atom is -0.465 e. The van der Waals surface area contributed by atoms with Gasteiger partial charge in [-0.2, -0.15) is 0 Å². The highest BCUT2D eigenvalue weighted by molar-refractivity contribution is 6.09. The van der Waals surface area contributed by atoms with E-state index in [1.54, 1.807) is 13.0 Å². The molecule has 0 bridgehead atoms. The molecule has 2 heterocycles. The maximum absolute atomic E-state index is 12.7. The second-order valence-electron chi connectivity index (χ2n) is 7.93. The largest absolute Gasteiger partial charge is 0.465 e. The summed E-state index contributed by atoms with van der Waals surface area (Å²) in [7, 11) is 0. The van der Waals surface area contributed by atoms with Crippen LogP contribution in [-0.2, 0) is 23.9 Å². The molecule has 1 saturated heterocycles. The van der Waals surface area contributed by atoms with Crippen LogP contribution in [0.25, 0.3) is 0 Å². The highest BCUT2D eigenvalue weighted by Crippen LogP contribution is 2.49. The lowest BCUT2D eigenvalue weighted by Gasteiger charge is -2.35. The predicted octanol–water partition coefficient (Wildman–Crippen LogP) is 3.98. The van der Waals surface area contributed by atoms with Gasteiger partial charge in [0, 0.05) is 5.57 Å². The first-order chi connectivity index (χ1) is 13.2. The van der Waals surface area contributed by atoms with Crippen LogP contribution in [0.3, 0.4) is 0 Å². The molecule has 28 heavy (non-hydrogen) atoms. The van der Waals surface area contributed by atoms with Crippen LogP contribution in [0.2, 0.25) is 0 Å². The molecule has 0 aromatic heterocycles. The third-order valence-corrected chi connectivity index (χ3v) is 5.70. The molecule has 4 atom stereocenters. The zero-order valence-electron chi connectivity index (χ0n) is 16.9. The Bertz CT molecular complexity index is 883. The molecule has 3 rings (SSSR count). The van der Waals surface area contributed by atoms with Crippen molar-refractivity contribution in [2.45, 2.75) is 46.6 Å². The summed E-state index contributed by atoms with van der Waals surface area (Å²) < 4.78 is 11.1. The zero-order valence-corrected chi connectivity index (χ0v) is 16.9. The van der Waals surface area contributed by atoms with E-state index in [0.717, 1.165) is 12.0 Å². The van der Waals surface area contributed by atoms with Gasteiger partial charge in [0.05, 0.1) is 12.2 Å². The molecule has 0 spiro atoms. The summed E-state index contributed by atoms with van der Waals surface area (Å²) in [5, 5.41) is 0. The SMILES string of the molecule is CC[C@H](C)C=C(C)C=CC1=CC2=CC(=O)[C@]3(C)OC(=O)[C@@H](C(C)=O)[C@@H]3C2=CO1. The Labute approximate surface area is 165 Å². The van der Waals surface area contributed by atoms with Gasteiger partial charge >= 0.3 is 5.97 Å². The first-order valence-electron chi connectivity index (χ1n) is 9.62. The van der Waals surface area contributed by atoms with E-state index in [9.17, 15) is 14.4 Å². The second-order valence-corrected chi connectivity index (χ2v) is 7.93. The Morgan fingerprint density at radius 3 is 2.64 bits per heavy atom. The molecule has 5 nitrogen and oxygen atoms in total. The van der Waals surface area contributed by atoms with Gasteiger partial charge < -0.3 is 9.47 Å². The average molecular weight is 382 g/mol. The topological polar surface area (TPSA) is 69.7 Å². The minimum atomic E-state index is -1.36. The smallest absolute Gasteiger partial charge is 0.318 e. The number of esters is 1. The Hall–Kier alpha value is -2.69. The molecular formula is C23H26O5. The van der Waals surface area contributed by atoms with Crippen molar-refractivity contribution in [3.63, 3.8) is 0 Å². The monoisotopic (exact) mass is 382 g/mol. The summed E-state index contributed by atoms with van der Waals surface area (Å²) in [4.78, 5) is 37.0. The molecule has 0 aromatic rings. The Kier molecular flexibility index (Phi) is 5.28. The molecule has 0 radical (unpaired) electrons. The van der Waals surface area contributed by atoms with E-state index < -0.39 is 23.4 Å². The van der Waals surface area contributed by atoms with Crippen LogP contribution in [0, 0.1) is 17.8 Å². The van der Waals surface area contributed by atoms with Gasteiger partial charge in [-0.3, -0.25) is 14.4 Å². The molecule has 148 valence electrons. The van der Waals surface area contributed by atoms with Crippen LogP contribution < -0.4 is 0 Å². The number of allylic oxidation sites excluding steroid dienone is 6. The Morgan fingerprint density at radius 1 is 1.29 bits per heavy atom. The molecule has 1 fully saturated rings. The first kappa shape index (κ1) is 20.1. The molecular weight excluding hydrogens is 356 g/mol. The summed E-state index contributed by atoms with van der Waals surface area (Å²) in [6, 6.07) is 0. The van der Waals surface area contributed by atoms with Crippen molar-refractivity contribution in [2.24, 2.45) is 17.8 Å². The van der Waals surface area contributed by atoms with E-state index >= 15 is 0 Å². The van der Waals surface area contributed by atoms with Crippen molar-refractivity contribution in [2.75, 3.05) is 0 Å². The zero-order chi connectivity index (χ0) is 20.6. The number of hydrogen-bond donors (Lipinski definition) is 0. The number of carbonyl (C=O) groups excluding carboxylic acids is 3. The fraction of sp³-hybridized carbons (Fsp3) is 0.435. The maximum atomic E-state index is 12.7. The van der Waals surface area contributed by atoms with Crippen molar-refractivity contribution in [3.05, 3.63) is 59.1 Å². The van der Waals surface area contributed by atoms with Crippen LogP contribution in [0.1, 0.15) is 41.0 Å². The van der Waals surface area contributed by atoms with Crippen LogP contribution in [-0.4, -0.2) is 23.1 Å². The summed E-state index contributed by atoms with van der Waals surface area (Å²) in [5.41, 5.74) is 1.08. The van der Waals surface area contributed by atoms with Gasteiger partial charge in [0.15, 0.2) is 11.4 Å². The molecule has 0 aromatic carbocycles. The second kappa shape index (κ2) is 7.38. The summed E-state index contributed by atoms with van der Waals surface area (Å²) in [5.74, 6) is -1.84. The molecule has 1 aliphatic carbocycles. The lowest BCUT2D eigenvalue weighted by molar-refractivity contribution is -0.156. The van der Waals surface area contributed by atoms with Gasteiger partial charge in [0.1, 0.15) is 17.5 Å². The minimum absolute atomic E-state index is 0.309. The fourth-order valence-corrected chi connectivity index (χ4v) is 3.93. The van der Waals surface area contributed by atoms with Gasteiger partial charge in [0.2, 0.25) is 0 Å². The first-order valence-corrected chi connectivity index (χ1v) is 9.62. The summed E-state index contributed by atoms with van der Waals surface area (Å²) in [6.45, 7) is 9.25. The average Bonchev–Trinajstić information content (AvgIpc) is 2.92. The lowest BCUT2D eigenvalue weighted by atomic mass is 9.68. The van der Waals surface area contributed by atoms with Crippen molar-refractivity contribution in [1.82, 2.24) is 0 Å². The van der Waals surface area contributed by atoms with Gasteiger partial charge in [-0.1, -0.05) is 38.0 Å². The molecule has 3 aliphatic rings. The van der Waals surface area contributed by atoms with Crippen molar-refractivity contribution >= 4 is 17.5 Å². The molecule has 0 unspecified atom stereocenters. The van der Waals surface area contributed by atoms with Crippen molar-refractivity contribution in [1.29, 1.82) is 0 Å². The van der Waals surface area contributed by atoms with E-state index in [1.807, 2.05) is 19.1 Å². The van der Waals surface area contributed by atoms with E-state index in [1.165, 1.54) is 19.3 Å². The molecule has 0 amide bonds. The standard InChI is InChI=1S/C23H26O5/c1-6-13(2)9-14(3)7-8-17-10-16-11-19(25)23(5)21(18(16)12-27-17)20(15(4)24)22(26)28-23/h7-13,20-21H,6H2,1-5H3/t13-,20-,21-,23-/m0/s1. The number of Topliss-reactive ketones (excluding diaryl/α,β-unsaturated/α-hetero) is 1. The van der Waals surface area contributed by atoms with E-state index in [4.69, 9.17) is 9.47 Å². The molecule has 0 N–H and O–H groups in total. The number of ketones is 2. The Morgan fingerprint density at radius 2 is 2.00 bits per heavy atom. The third-order valence-electron chi connectivity index (χ3n) is 5.70. The van der Waals surface area contributed by atoms with Gasteiger partial charge in [0.25, 0.3) is 0 Å². The van der Waals surface area contributed by atoms with Gasteiger partial charge in [-0.25, -0.2) is 0 Å². The summed E-state index contributed by atoms with van der Waals surface area (Å²) >= 11 is 0. The fourth-order valence-electron chi connectivity index (χ4n) is 3.93. The number of rotatable bonds is 5. The predicted molar refractivity (Wildman–Crippen MR) is 105 cm³/mol. The van der Waals surface area contributed by atoms with Crippen LogP contribution in [0.4, 0.5) is 0 Å². The molecule has 0 saturated carbocycles. The third kappa shape index (κ3) is 3.41. The lowest BCUT2D eigenvalue weighted by Crippen LogP contribution is -2.46. The van der Waals surface area contributed by atoms with Crippen molar-refractivity contribution < 1.29 is 23.9 Å². The quantitative estimate of drug-likeness (QED) is 0.409. The van der Waals surface area contributed by atoms with Crippen LogP contribution >= 0.6 is 0 Å². The number of hydrogen-bond acceptors (Lipinski definition) is 5. The Balaban J connectivity index is 1.91. The normalized spacial score (nSPS) is 30.6. The van der Waals surface area contributed by atoms with Crippen LogP contribution in [0.5, 0.6) is 0 Å². The van der Waals surface area contributed by atoms with E-state index in [2.05, 4.69) is 19.9 Å². The maximum Gasteiger partial charge on any atom is 0.318 e. The number of fused-ring (bicyclic) bond motifs is 3. The van der Waals surface area contributed by atoms with Gasteiger partial charge in [-0.15, -0.1) is 0 Å². The highest BCUT2D eigenvalue weighted by atomic mass is 16.6. The number of carbonyl (C=O) groups is 3.